The fourth-order valence-corrected chi connectivity index (χ4v) is 4.11. The number of anilines is 2. The Balaban J connectivity index is 2.46. The van der Waals surface area contributed by atoms with Gasteiger partial charge in [0.05, 0.1) is 25.6 Å². The minimum atomic E-state index is -4.55. The Kier molecular flexibility index (Phi) is 8.02. The van der Waals surface area contributed by atoms with Gasteiger partial charge >= 0.3 is 32.5 Å². The average Bonchev–Trinajstić information content (AvgIpc) is 2.71. The van der Waals surface area contributed by atoms with Gasteiger partial charge in [-0.3, -0.25) is 28.1 Å². The molecular weight excluding hydrogens is 480 g/mol. The number of rotatable bonds is 10. The van der Waals surface area contributed by atoms with Crippen LogP contribution in [-0.4, -0.2) is 52.1 Å². The quantitative estimate of drug-likeness (QED) is 0.209. The smallest absolute Gasteiger partial charge is 0.357 e. The van der Waals surface area contributed by atoms with E-state index >= 15 is 0 Å². The summed E-state index contributed by atoms with van der Waals surface area (Å²) in [6, 6.07) is 11.2. The molecule has 0 saturated carbocycles. The molecule has 0 fully saturated rings. The van der Waals surface area contributed by atoms with Gasteiger partial charge in [0.25, 0.3) is 0 Å². The van der Waals surface area contributed by atoms with Gasteiger partial charge in [-0.25, -0.2) is 0 Å². The minimum Gasteiger partial charge on any atom is -0.468 e. The van der Waals surface area contributed by atoms with Crippen molar-refractivity contribution in [3.05, 3.63) is 59.7 Å². The molecule has 0 aliphatic heterocycles. The summed E-state index contributed by atoms with van der Waals surface area (Å²) in [5.41, 5.74) is -1.05. The van der Waals surface area contributed by atoms with E-state index in [-0.39, 0.29) is 24.2 Å². The van der Waals surface area contributed by atoms with Crippen molar-refractivity contribution < 1.29 is 45.0 Å². The van der Waals surface area contributed by atoms with Crippen LogP contribution in [0.4, 0.5) is 11.4 Å². The van der Waals surface area contributed by atoms with Crippen LogP contribution in [0.5, 0.6) is 0 Å². The van der Waals surface area contributed by atoms with Gasteiger partial charge in [-0.15, -0.1) is 0 Å². The molecule has 0 spiro atoms. The van der Waals surface area contributed by atoms with Crippen LogP contribution in [0.2, 0.25) is 0 Å². The molecule has 4 N–H and O–H groups in total. The Morgan fingerprint density at radius 2 is 1.27 bits per heavy atom. The van der Waals surface area contributed by atoms with E-state index in [9.17, 15) is 26.4 Å². The Morgan fingerprint density at radius 1 is 0.788 bits per heavy atom. The number of carbonyl (C=O) groups is 2. The first kappa shape index (κ1) is 26.1. The molecule has 2 aromatic rings. The monoisotopic (exact) mass is 502 g/mol. The Labute approximate surface area is 190 Å². The number of methoxy groups -OCH3 is 2. The molecule has 0 radical (unpaired) electrons. The summed E-state index contributed by atoms with van der Waals surface area (Å²) < 4.78 is 75.5. The largest absolute Gasteiger partial charge is 0.468 e. The topological polar surface area (TPSA) is 185 Å². The van der Waals surface area contributed by atoms with E-state index in [1.807, 2.05) is 9.44 Å². The maximum atomic E-state index is 12.8. The van der Waals surface area contributed by atoms with Crippen LogP contribution in [0.25, 0.3) is 0 Å². The molecule has 180 valence electrons. The number of hydrogen-bond acceptors (Lipinski definition) is 8. The SMILES string of the molecule is COC(=O)C(Cc1ccc(NS(=O)(=O)O)cc1)(Cc1cccc(NS(=O)(=O)O)c1)C(=O)OC. The summed E-state index contributed by atoms with van der Waals surface area (Å²) in [5, 5.41) is 0. The summed E-state index contributed by atoms with van der Waals surface area (Å²) in [6.45, 7) is 0. The van der Waals surface area contributed by atoms with E-state index < -0.39 is 38.0 Å². The third-order valence-electron chi connectivity index (χ3n) is 4.54. The summed E-state index contributed by atoms with van der Waals surface area (Å²) >= 11 is 0. The molecular formula is C19H22N2O10S2. The zero-order valence-electron chi connectivity index (χ0n) is 17.5. The molecule has 12 nitrogen and oxygen atoms in total. The summed E-state index contributed by atoms with van der Waals surface area (Å²) in [6.07, 6.45) is -0.465. The fourth-order valence-electron chi connectivity index (χ4n) is 3.26. The van der Waals surface area contributed by atoms with E-state index in [1.165, 1.54) is 48.5 Å². The van der Waals surface area contributed by atoms with Crippen LogP contribution in [0.3, 0.4) is 0 Å². The highest BCUT2D eigenvalue weighted by Crippen LogP contribution is 2.33. The van der Waals surface area contributed by atoms with Crippen LogP contribution >= 0.6 is 0 Å². The zero-order chi connectivity index (χ0) is 24.9. The summed E-state index contributed by atoms with van der Waals surface area (Å²) in [5.74, 6) is -1.83. The van der Waals surface area contributed by atoms with Crippen molar-refractivity contribution >= 4 is 43.9 Å². The van der Waals surface area contributed by atoms with Crippen LogP contribution in [0.1, 0.15) is 11.1 Å². The lowest BCUT2D eigenvalue weighted by Crippen LogP contribution is -2.45. The van der Waals surface area contributed by atoms with Crippen molar-refractivity contribution in [3.63, 3.8) is 0 Å². The third kappa shape index (κ3) is 7.42. The van der Waals surface area contributed by atoms with E-state index in [1.54, 1.807) is 0 Å². The normalized spacial score (nSPS) is 12.0. The molecule has 14 heteroatoms. The van der Waals surface area contributed by atoms with Crippen molar-refractivity contribution in [3.8, 4) is 0 Å². The first-order valence-electron chi connectivity index (χ1n) is 9.13. The van der Waals surface area contributed by atoms with Gasteiger partial charge in [0.1, 0.15) is 0 Å². The van der Waals surface area contributed by atoms with Gasteiger partial charge in [0.15, 0.2) is 5.41 Å². The predicted molar refractivity (Wildman–Crippen MR) is 117 cm³/mol. The highest BCUT2D eigenvalue weighted by Gasteiger charge is 2.48. The highest BCUT2D eigenvalue weighted by molar-refractivity contribution is 7.87. The second kappa shape index (κ2) is 10.2. The number of nitrogens with one attached hydrogen (secondary N) is 2. The van der Waals surface area contributed by atoms with Crippen LogP contribution in [0.15, 0.2) is 48.5 Å². The van der Waals surface area contributed by atoms with Gasteiger partial charge in [-0.1, -0.05) is 24.3 Å². The Morgan fingerprint density at radius 3 is 1.76 bits per heavy atom. The Hall–Kier alpha value is -3.20. The molecule has 0 aliphatic rings. The van der Waals surface area contributed by atoms with Gasteiger partial charge in [0, 0.05) is 0 Å². The van der Waals surface area contributed by atoms with Crippen LogP contribution < -0.4 is 9.44 Å². The minimum absolute atomic E-state index is 0.000674. The van der Waals surface area contributed by atoms with E-state index in [4.69, 9.17) is 18.6 Å². The summed E-state index contributed by atoms with van der Waals surface area (Å²) in [7, 11) is -6.84. The van der Waals surface area contributed by atoms with Crippen LogP contribution in [-0.2, 0) is 52.5 Å². The first-order valence-corrected chi connectivity index (χ1v) is 12.0. The number of esters is 2. The molecule has 0 unspecified atom stereocenters. The molecule has 2 rings (SSSR count). The standard InChI is InChI=1S/C19H22N2O10S2/c1-30-17(22)19(18(23)31-2,11-13-6-8-15(9-7-13)20-32(24,25)26)12-14-4-3-5-16(10-14)21-33(27,28)29/h3-10,20-21H,11-12H2,1-2H3,(H,24,25,26)(H,27,28,29). The molecule has 0 bridgehead atoms. The number of hydrogen-bond donors (Lipinski definition) is 4. The number of carbonyl (C=O) groups excluding carboxylic acids is 2. The molecule has 2 aromatic carbocycles. The van der Waals surface area contributed by atoms with Gasteiger partial charge in [-0.05, 0) is 48.2 Å². The lowest BCUT2D eigenvalue weighted by molar-refractivity contribution is -0.169. The maximum absolute atomic E-state index is 12.8. The second-order valence-corrected chi connectivity index (χ2v) is 9.28. The lowest BCUT2D eigenvalue weighted by atomic mass is 9.76. The van der Waals surface area contributed by atoms with Crippen LogP contribution in [0, 0.1) is 5.41 Å². The third-order valence-corrected chi connectivity index (χ3v) is 5.53. The maximum Gasteiger partial charge on any atom is 0.357 e. The van der Waals surface area contributed by atoms with Gasteiger partial charge < -0.3 is 9.47 Å². The highest BCUT2D eigenvalue weighted by atomic mass is 32.2. The van der Waals surface area contributed by atoms with Gasteiger partial charge in [0.2, 0.25) is 0 Å². The summed E-state index contributed by atoms with van der Waals surface area (Å²) in [4.78, 5) is 25.6. The molecule has 0 atom stereocenters. The fraction of sp³-hybridized carbons (Fsp3) is 0.263. The molecule has 0 aliphatic carbocycles. The second-order valence-electron chi connectivity index (χ2n) is 6.97. The first-order chi connectivity index (χ1) is 15.3. The lowest BCUT2D eigenvalue weighted by Gasteiger charge is -2.28. The van der Waals surface area contributed by atoms with E-state index in [0.29, 0.717) is 11.1 Å². The molecule has 0 heterocycles. The zero-order valence-corrected chi connectivity index (χ0v) is 19.1. The van der Waals surface area contributed by atoms with Crippen molar-refractivity contribution in [2.75, 3.05) is 23.7 Å². The van der Waals surface area contributed by atoms with Gasteiger partial charge in [-0.2, -0.15) is 16.8 Å². The van der Waals surface area contributed by atoms with Crippen molar-refractivity contribution in [1.29, 1.82) is 0 Å². The molecule has 0 aromatic heterocycles. The van der Waals surface area contributed by atoms with E-state index in [2.05, 4.69) is 0 Å². The van der Waals surface area contributed by atoms with Crippen molar-refractivity contribution in [2.24, 2.45) is 5.41 Å². The predicted octanol–water partition coefficient (Wildman–Crippen LogP) is 1.23. The molecule has 33 heavy (non-hydrogen) atoms. The van der Waals surface area contributed by atoms with Crippen molar-refractivity contribution in [2.45, 2.75) is 12.8 Å². The number of ether oxygens (including phenoxy) is 2. The van der Waals surface area contributed by atoms with Crippen molar-refractivity contribution in [1.82, 2.24) is 0 Å². The molecule has 0 amide bonds. The Bertz CT molecular complexity index is 1210. The number of benzene rings is 2. The van der Waals surface area contributed by atoms with E-state index in [0.717, 1.165) is 14.2 Å². The molecule has 0 saturated heterocycles. The average molecular weight is 503 g/mol.